The molecule has 0 fully saturated rings. The first kappa shape index (κ1) is 26.0. The highest BCUT2D eigenvalue weighted by molar-refractivity contribution is 6.31. The highest BCUT2D eigenvalue weighted by Gasteiger charge is 2.33. The minimum atomic E-state index is -4.62. The van der Waals surface area contributed by atoms with E-state index >= 15 is 0 Å². The lowest BCUT2D eigenvalue weighted by Crippen LogP contribution is -2.41. The SMILES string of the molecule is NC(=O)C1CN=C(c2cc(Oc3ccc(CCC(=O)Nc4ccc(Cl)c(C(F)(F)F)c4)cc3)ccn2)N1. The first-order valence-corrected chi connectivity index (χ1v) is 11.5. The Bertz CT molecular complexity index is 1350. The largest absolute Gasteiger partial charge is 0.457 e. The highest BCUT2D eigenvalue weighted by Crippen LogP contribution is 2.36. The number of carbonyl (C=O) groups excluding carboxylic acids is 2. The number of rotatable bonds is 8. The van der Waals surface area contributed by atoms with E-state index in [4.69, 9.17) is 22.1 Å². The van der Waals surface area contributed by atoms with Crippen molar-refractivity contribution in [3.05, 3.63) is 82.6 Å². The van der Waals surface area contributed by atoms with Gasteiger partial charge in [0, 0.05) is 24.4 Å². The summed E-state index contributed by atoms with van der Waals surface area (Å²) in [5, 5.41) is 4.95. The van der Waals surface area contributed by atoms with Crippen LogP contribution in [-0.2, 0) is 22.2 Å². The van der Waals surface area contributed by atoms with Gasteiger partial charge >= 0.3 is 6.18 Å². The quantitative estimate of drug-likeness (QED) is 0.400. The fourth-order valence-electron chi connectivity index (χ4n) is 3.52. The van der Waals surface area contributed by atoms with Crippen LogP contribution >= 0.6 is 11.6 Å². The third kappa shape index (κ3) is 6.76. The number of primary amides is 1. The smallest absolute Gasteiger partial charge is 0.417 e. The molecule has 0 saturated carbocycles. The number of amidine groups is 1. The molecule has 4 N–H and O–H groups in total. The number of carbonyl (C=O) groups is 2. The first-order chi connectivity index (χ1) is 17.6. The van der Waals surface area contributed by atoms with E-state index in [-0.39, 0.29) is 18.7 Å². The van der Waals surface area contributed by atoms with Gasteiger partial charge in [-0.15, -0.1) is 0 Å². The minimum absolute atomic E-state index is 0.0195. The maximum atomic E-state index is 13.0. The first-order valence-electron chi connectivity index (χ1n) is 11.1. The summed E-state index contributed by atoms with van der Waals surface area (Å²) in [7, 11) is 0. The maximum Gasteiger partial charge on any atom is 0.417 e. The Morgan fingerprint density at radius 1 is 1.11 bits per heavy atom. The van der Waals surface area contributed by atoms with E-state index in [1.807, 2.05) is 0 Å². The number of nitrogens with two attached hydrogens (primary N) is 1. The number of anilines is 1. The second kappa shape index (κ2) is 10.9. The molecule has 2 amide bonds. The van der Waals surface area contributed by atoms with Gasteiger partial charge in [0.2, 0.25) is 11.8 Å². The Kier molecular flexibility index (Phi) is 7.63. The zero-order valence-corrected chi connectivity index (χ0v) is 19.9. The molecule has 192 valence electrons. The molecule has 1 aliphatic rings. The molecule has 8 nitrogen and oxygen atoms in total. The van der Waals surface area contributed by atoms with Crippen LogP contribution in [0.15, 0.2) is 65.8 Å². The molecule has 2 aromatic carbocycles. The molecule has 2 heterocycles. The van der Waals surface area contributed by atoms with Gasteiger partial charge in [0.15, 0.2) is 0 Å². The van der Waals surface area contributed by atoms with Gasteiger partial charge in [-0.1, -0.05) is 23.7 Å². The van der Waals surface area contributed by atoms with Crippen molar-refractivity contribution in [1.82, 2.24) is 10.3 Å². The monoisotopic (exact) mass is 531 g/mol. The fourth-order valence-corrected chi connectivity index (χ4v) is 3.75. The number of nitrogens with zero attached hydrogens (tertiary/aromatic N) is 2. The third-order valence-corrected chi connectivity index (χ3v) is 5.75. The average molecular weight is 532 g/mol. The van der Waals surface area contributed by atoms with E-state index in [0.29, 0.717) is 29.4 Å². The van der Waals surface area contributed by atoms with Gasteiger partial charge < -0.3 is 21.1 Å². The fraction of sp³-hybridized carbons (Fsp3) is 0.200. The van der Waals surface area contributed by atoms with Crippen molar-refractivity contribution in [2.45, 2.75) is 25.1 Å². The maximum absolute atomic E-state index is 13.0. The summed E-state index contributed by atoms with van der Waals surface area (Å²) in [5.41, 5.74) is 5.65. The molecular weight excluding hydrogens is 511 g/mol. The van der Waals surface area contributed by atoms with Gasteiger partial charge in [0.05, 0.1) is 17.1 Å². The Hall–Kier alpha value is -4.12. The number of aliphatic imine (C=N–C) groups is 1. The zero-order valence-electron chi connectivity index (χ0n) is 19.2. The van der Waals surface area contributed by atoms with Crippen LogP contribution in [0.5, 0.6) is 11.5 Å². The van der Waals surface area contributed by atoms with E-state index < -0.39 is 34.6 Å². The number of halogens is 4. The summed E-state index contributed by atoms with van der Waals surface area (Å²) >= 11 is 5.61. The minimum Gasteiger partial charge on any atom is -0.457 e. The summed E-state index contributed by atoms with van der Waals surface area (Å²) < 4.78 is 44.9. The van der Waals surface area contributed by atoms with E-state index in [1.54, 1.807) is 42.6 Å². The second-order valence-electron chi connectivity index (χ2n) is 8.15. The lowest BCUT2D eigenvalue weighted by molar-refractivity contribution is -0.137. The summed E-state index contributed by atoms with van der Waals surface area (Å²) in [6.45, 7) is 0.241. The lowest BCUT2D eigenvalue weighted by atomic mass is 10.1. The number of pyridine rings is 1. The number of benzene rings is 2. The Balaban J connectivity index is 1.31. The van der Waals surface area contributed by atoms with Crippen LogP contribution in [0.3, 0.4) is 0 Å². The molecule has 3 aromatic rings. The molecule has 37 heavy (non-hydrogen) atoms. The predicted molar refractivity (Wildman–Crippen MR) is 132 cm³/mol. The van der Waals surface area contributed by atoms with E-state index in [9.17, 15) is 22.8 Å². The number of aryl methyl sites for hydroxylation is 1. The van der Waals surface area contributed by atoms with Crippen molar-refractivity contribution in [3.8, 4) is 11.5 Å². The summed E-state index contributed by atoms with van der Waals surface area (Å²) in [6.07, 6.45) is -2.62. The molecule has 0 radical (unpaired) electrons. The van der Waals surface area contributed by atoms with Gasteiger partial charge in [0.25, 0.3) is 0 Å². The summed E-state index contributed by atoms with van der Waals surface area (Å²) in [4.78, 5) is 32.0. The standard InChI is InChI=1S/C25H21ClF3N5O3/c26-19-7-4-15(11-18(19)25(27,28)29)33-22(35)8-3-14-1-5-16(6-2-14)37-17-9-10-31-20(12-17)24-32-13-21(34-24)23(30)36/h1-2,4-7,9-12,21H,3,8,13H2,(H2,30,36)(H,32,34)(H,33,35). The van der Waals surface area contributed by atoms with Crippen LogP contribution in [0, 0.1) is 0 Å². The van der Waals surface area contributed by atoms with E-state index in [2.05, 4.69) is 20.6 Å². The van der Waals surface area contributed by atoms with Crippen LogP contribution in [0.1, 0.15) is 23.2 Å². The van der Waals surface area contributed by atoms with Crippen LogP contribution in [0.25, 0.3) is 0 Å². The van der Waals surface area contributed by atoms with Crippen LogP contribution < -0.4 is 21.1 Å². The number of alkyl halides is 3. The van der Waals surface area contributed by atoms with Gasteiger partial charge in [-0.3, -0.25) is 19.6 Å². The average Bonchev–Trinajstić information content (AvgIpc) is 3.35. The van der Waals surface area contributed by atoms with Gasteiger partial charge in [-0.05, 0) is 48.4 Å². The Morgan fingerprint density at radius 3 is 2.54 bits per heavy atom. The summed E-state index contributed by atoms with van der Waals surface area (Å²) in [5.74, 6) is 0.579. The molecule has 0 saturated heterocycles. The number of nitrogens with one attached hydrogen (secondary N) is 2. The van der Waals surface area contributed by atoms with Crippen molar-refractivity contribution in [1.29, 1.82) is 0 Å². The lowest BCUT2D eigenvalue weighted by Gasteiger charge is -2.12. The predicted octanol–water partition coefficient (Wildman–Crippen LogP) is 4.32. The number of hydrogen-bond donors (Lipinski definition) is 3. The number of hydrogen-bond acceptors (Lipinski definition) is 6. The van der Waals surface area contributed by atoms with Gasteiger partial charge in [-0.25, -0.2) is 0 Å². The zero-order chi connectivity index (χ0) is 26.6. The number of aromatic nitrogens is 1. The van der Waals surface area contributed by atoms with Crippen LogP contribution in [0.2, 0.25) is 5.02 Å². The molecule has 0 spiro atoms. The topological polar surface area (TPSA) is 119 Å². The van der Waals surface area contributed by atoms with Gasteiger partial charge in [0.1, 0.15) is 29.1 Å². The molecule has 12 heteroatoms. The Morgan fingerprint density at radius 2 is 1.86 bits per heavy atom. The van der Waals surface area contributed by atoms with Gasteiger partial charge in [-0.2, -0.15) is 13.2 Å². The van der Waals surface area contributed by atoms with Crippen LogP contribution in [-0.4, -0.2) is 35.2 Å². The molecule has 1 atom stereocenters. The molecule has 1 aliphatic heterocycles. The molecule has 0 aliphatic carbocycles. The molecular formula is C25H21ClF3N5O3. The van der Waals surface area contributed by atoms with Crippen molar-refractivity contribution in [2.75, 3.05) is 11.9 Å². The molecule has 1 aromatic heterocycles. The molecule has 0 bridgehead atoms. The van der Waals surface area contributed by atoms with Crippen molar-refractivity contribution < 1.29 is 27.5 Å². The number of ether oxygens (including phenoxy) is 1. The normalized spacial score (nSPS) is 15.0. The number of amides is 2. The van der Waals surface area contributed by atoms with Crippen molar-refractivity contribution in [3.63, 3.8) is 0 Å². The highest BCUT2D eigenvalue weighted by atomic mass is 35.5. The van der Waals surface area contributed by atoms with E-state index in [1.165, 1.54) is 6.07 Å². The van der Waals surface area contributed by atoms with Crippen LogP contribution in [0.4, 0.5) is 18.9 Å². The van der Waals surface area contributed by atoms with Crippen molar-refractivity contribution >= 4 is 34.9 Å². The molecule has 4 rings (SSSR count). The van der Waals surface area contributed by atoms with Crippen molar-refractivity contribution in [2.24, 2.45) is 10.7 Å². The third-order valence-electron chi connectivity index (χ3n) is 5.42. The molecule has 1 unspecified atom stereocenters. The second-order valence-corrected chi connectivity index (χ2v) is 8.56. The summed E-state index contributed by atoms with van der Waals surface area (Å²) in [6, 6.07) is 13.0. The van der Waals surface area contributed by atoms with E-state index in [0.717, 1.165) is 17.7 Å². The Labute approximate surface area is 214 Å².